The lowest BCUT2D eigenvalue weighted by molar-refractivity contribution is -0.145. The first-order chi connectivity index (χ1) is 10.0. The van der Waals surface area contributed by atoms with Crippen LogP contribution in [0, 0.1) is 11.8 Å². The third kappa shape index (κ3) is 2.98. The Hall–Kier alpha value is -1.35. The van der Waals surface area contributed by atoms with E-state index >= 15 is 0 Å². The maximum Gasteiger partial charge on any atom is 0.321 e. The van der Waals surface area contributed by atoms with E-state index in [4.69, 9.17) is 0 Å². The molecule has 3 atom stereocenters. The van der Waals surface area contributed by atoms with Gasteiger partial charge in [-0.25, -0.2) is 0 Å². The Labute approximate surface area is 127 Å². The van der Waals surface area contributed by atoms with E-state index in [1.807, 2.05) is 6.07 Å². The van der Waals surface area contributed by atoms with E-state index in [1.165, 1.54) is 17.5 Å². The molecule has 114 valence electrons. The van der Waals surface area contributed by atoms with Crippen molar-refractivity contribution in [2.24, 2.45) is 11.8 Å². The Kier molecular flexibility index (Phi) is 4.03. The summed E-state index contributed by atoms with van der Waals surface area (Å²) in [5, 5.41) is 9.66. The summed E-state index contributed by atoms with van der Waals surface area (Å²) in [7, 11) is 0. The van der Waals surface area contributed by atoms with Gasteiger partial charge in [-0.15, -0.1) is 0 Å². The van der Waals surface area contributed by atoms with Gasteiger partial charge in [0.2, 0.25) is 0 Å². The maximum atomic E-state index is 11.7. The minimum Gasteiger partial charge on any atom is -0.480 e. The van der Waals surface area contributed by atoms with Crippen molar-refractivity contribution < 1.29 is 9.90 Å². The third-order valence-corrected chi connectivity index (χ3v) is 5.19. The van der Waals surface area contributed by atoms with Crippen LogP contribution in [0.25, 0.3) is 0 Å². The lowest BCUT2D eigenvalue weighted by Crippen LogP contribution is -2.52. The van der Waals surface area contributed by atoms with Gasteiger partial charge in [-0.1, -0.05) is 38.1 Å². The van der Waals surface area contributed by atoms with Crippen molar-refractivity contribution in [2.45, 2.75) is 58.2 Å². The van der Waals surface area contributed by atoms with E-state index in [0.717, 1.165) is 19.4 Å². The number of carboxylic acid groups (broad SMARTS) is 1. The number of carboxylic acids is 1. The summed E-state index contributed by atoms with van der Waals surface area (Å²) in [5.74, 6) is 0.728. The second-order valence-electron chi connectivity index (χ2n) is 7.07. The summed E-state index contributed by atoms with van der Waals surface area (Å²) in [6.45, 7) is 5.39. The zero-order valence-corrected chi connectivity index (χ0v) is 13.0. The molecule has 3 rings (SSSR count). The van der Waals surface area contributed by atoms with Crippen LogP contribution in [0.4, 0.5) is 0 Å². The predicted octanol–water partition coefficient (Wildman–Crippen LogP) is 3.32. The molecule has 1 heterocycles. The van der Waals surface area contributed by atoms with Crippen LogP contribution < -0.4 is 0 Å². The molecule has 3 nitrogen and oxygen atoms in total. The van der Waals surface area contributed by atoms with Crippen molar-refractivity contribution in [2.75, 3.05) is 0 Å². The summed E-state index contributed by atoms with van der Waals surface area (Å²) in [6, 6.07) is 8.35. The first kappa shape index (κ1) is 14.6. The molecule has 21 heavy (non-hydrogen) atoms. The molecule has 1 aliphatic heterocycles. The predicted molar refractivity (Wildman–Crippen MR) is 83.1 cm³/mol. The van der Waals surface area contributed by atoms with Gasteiger partial charge in [0.1, 0.15) is 6.04 Å². The number of benzene rings is 1. The molecule has 1 N–H and O–H groups in total. The van der Waals surface area contributed by atoms with Crippen LogP contribution in [0.5, 0.6) is 0 Å². The topological polar surface area (TPSA) is 40.5 Å². The highest BCUT2D eigenvalue weighted by Crippen LogP contribution is 2.35. The fraction of sp³-hybridized carbons (Fsp3) is 0.611. The molecule has 0 spiro atoms. The standard InChI is InChI=1S/C18H25NO2/c1-12-7-13(2)9-16(8-12)19-11-15-6-4-3-5-14(15)10-17(19)18(20)21/h3-6,12-13,16-17H,7-11H2,1-2H3,(H,20,21)/t12?,13?,16?,17-/m0/s1. The van der Waals surface area contributed by atoms with Crippen molar-refractivity contribution in [1.29, 1.82) is 0 Å². The first-order valence-corrected chi connectivity index (χ1v) is 8.10. The maximum absolute atomic E-state index is 11.7. The largest absolute Gasteiger partial charge is 0.480 e. The molecule has 1 fully saturated rings. The molecule has 2 aliphatic rings. The van der Waals surface area contributed by atoms with E-state index in [2.05, 4.69) is 36.9 Å². The van der Waals surface area contributed by atoms with Gasteiger partial charge in [-0.3, -0.25) is 9.69 Å². The van der Waals surface area contributed by atoms with Crippen LogP contribution in [-0.2, 0) is 17.8 Å². The van der Waals surface area contributed by atoms with Gasteiger partial charge >= 0.3 is 5.97 Å². The van der Waals surface area contributed by atoms with Crippen LogP contribution in [0.15, 0.2) is 24.3 Å². The van der Waals surface area contributed by atoms with Gasteiger partial charge < -0.3 is 5.11 Å². The van der Waals surface area contributed by atoms with Gasteiger partial charge in [0.05, 0.1) is 0 Å². The highest BCUT2D eigenvalue weighted by atomic mass is 16.4. The molecule has 0 radical (unpaired) electrons. The lowest BCUT2D eigenvalue weighted by Gasteiger charge is -2.44. The molecule has 1 aliphatic carbocycles. The smallest absolute Gasteiger partial charge is 0.321 e. The van der Waals surface area contributed by atoms with Crippen LogP contribution in [-0.4, -0.2) is 28.1 Å². The highest BCUT2D eigenvalue weighted by molar-refractivity contribution is 5.74. The van der Waals surface area contributed by atoms with Gasteiger partial charge in [-0.05, 0) is 48.6 Å². The summed E-state index contributed by atoms with van der Waals surface area (Å²) in [4.78, 5) is 14.0. The minimum atomic E-state index is -0.671. The quantitative estimate of drug-likeness (QED) is 0.907. The molecule has 0 aromatic heterocycles. The number of hydrogen-bond acceptors (Lipinski definition) is 2. The van der Waals surface area contributed by atoms with Crippen molar-refractivity contribution >= 4 is 5.97 Å². The molecule has 1 saturated carbocycles. The minimum absolute atomic E-state index is 0.359. The molecule has 1 aromatic rings. The van der Waals surface area contributed by atoms with Gasteiger partial charge in [-0.2, -0.15) is 0 Å². The second kappa shape index (κ2) is 5.80. The number of aliphatic carboxylic acids is 1. The number of nitrogens with zero attached hydrogens (tertiary/aromatic N) is 1. The van der Waals surface area contributed by atoms with Gasteiger partial charge in [0.15, 0.2) is 0 Å². The molecular formula is C18H25NO2. The summed E-state index contributed by atoms with van der Waals surface area (Å²) < 4.78 is 0. The van der Waals surface area contributed by atoms with Gasteiger partial charge in [0.25, 0.3) is 0 Å². The van der Waals surface area contributed by atoms with Crippen molar-refractivity contribution in [3.63, 3.8) is 0 Å². The fourth-order valence-electron chi connectivity index (χ4n) is 4.33. The molecule has 1 aromatic carbocycles. The normalized spacial score (nSPS) is 33.4. The number of fused-ring (bicyclic) bond motifs is 1. The molecule has 0 amide bonds. The zero-order valence-electron chi connectivity index (χ0n) is 13.0. The summed E-state index contributed by atoms with van der Waals surface area (Å²) in [5.41, 5.74) is 2.51. The monoisotopic (exact) mass is 287 g/mol. The van der Waals surface area contributed by atoms with Gasteiger partial charge in [0, 0.05) is 12.6 Å². The Balaban J connectivity index is 1.87. The SMILES string of the molecule is CC1CC(C)CC(N2Cc3ccccc3C[C@H]2C(=O)O)C1. The fourth-order valence-corrected chi connectivity index (χ4v) is 4.33. The zero-order chi connectivity index (χ0) is 15.0. The number of rotatable bonds is 2. The average molecular weight is 287 g/mol. The van der Waals surface area contributed by atoms with Crippen LogP contribution in [0.1, 0.15) is 44.2 Å². The molecule has 0 bridgehead atoms. The Morgan fingerprint density at radius 2 is 1.71 bits per heavy atom. The van der Waals surface area contributed by atoms with E-state index in [-0.39, 0.29) is 6.04 Å². The Morgan fingerprint density at radius 1 is 1.10 bits per heavy atom. The summed E-state index contributed by atoms with van der Waals surface area (Å²) in [6.07, 6.45) is 4.19. The highest BCUT2D eigenvalue weighted by Gasteiger charge is 2.38. The lowest BCUT2D eigenvalue weighted by atomic mass is 9.78. The first-order valence-electron chi connectivity index (χ1n) is 8.10. The van der Waals surface area contributed by atoms with Crippen molar-refractivity contribution in [3.8, 4) is 0 Å². The van der Waals surface area contributed by atoms with Crippen molar-refractivity contribution in [1.82, 2.24) is 4.90 Å². The Morgan fingerprint density at radius 3 is 2.33 bits per heavy atom. The third-order valence-electron chi connectivity index (χ3n) is 5.19. The van der Waals surface area contributed by atoms with E-state index < -0.39 is 5.97 Å². The molecule has 2 unspecified atom stereocenters. The van der Waals surface area contributed by atoms with E-state index in [9.17, 15) is 9.90 Å². The summed E-state index contributed by atoms with van der Waals surface area (Å²) >= 11 is 0. The number of carbonyl (C=O) groups is 1. The van der Waals surface area contributed by atoms with Crippen LogP contribution in [0.3, 0.4) is 0 Å². The van der Waals surface area contributed by atoms with Crippen molar-refractivity contribution in [3.05, 3.63) is 35.4 Å². The molecule has 3 heteroatoms. The molecular weight excluding hydrogens is 262 g/mol. The second-order valence-corrected chi connectivity index (χ2v) is 7.07. The van der Waals surface area contributed by atoms with E-state index in [1.54, 1.807) is 0 Å². The Bertz CT molecular complexity index is 518. The average Bonchev–Trinajstić information content (AvgIpc) is 2.44. The van der Waals surface area contributed by atoms with Crippen LogP contribution >= 0.6 is 0 Å². The van der Waals surface area contributed by atoms with Crippen LogP contribution in [0.2, 0.25) is 0 Å². The molecule has 0 saturated heterocycles. The van der Waals surface area contributed by atoms with E-state index in [0.29, 0.717) is 24.3 Å². The number of hydrogen-bond donors (Lipinski definition) is 1.